The lowest BCUT2D eigenvalue weighted by molar-refractivity contribution is -0.0415. The van der Waals surface area contributed by atoms with Gasteiger partial charge >= 0.3 is 0 Å². The largest absolute Gasteiger partial charge is 0.460 e. The molecule has 0 aliphatic carbocycles. The molecule has 6 rings (SSSR count). The monoisotopic (exact) mass is 998 g/mol. The summed E-state index contributed by atoms with van der Waals surface area (Å²) >= 11 is 31.9. The van der Waals surface area contributed by atoms with E-state index < -0.39 is 33.1 Å². The summed E-state index contributed by atoms with van der Waals surface area (Å²) in [6.45, 7) is 8.65. The quantitative estimate of drug-likeness (QED) is 0.0803. The molecule has 0 saturated heterocycles. The molecule has 0 aliphatic heterocycles. The van der Waals surface area contributed by atoms with Crippen LogP contribution in [0.3, 0.4) is 0 Å². The van der Waals surface area contributed by atoms with Crippen LogP contribution < -0.4 is 18.9 Å². The lowest BCUT2D eigenvalue weighted by atomic mass is 9.76. The molecule has 0 aromatic heterocycles. The van der Waals surface area contributed by atoms with Crippen LogP contribution in [-0.4, -0.2) is 10.0 Å². The van der Waals surface area contributed by atoms with Gasteiger partial charge in [0, 0.05) is 20.1 Å². The zero-order chi connectivity index (χ0) is 42.2. The molecule has 0 radical (unpaired) electrons. The summed E-state index contributed by atoms with van der Waals surface area (Å²) in [5.74, 6) is 3.97. The molecular formula is C48H44Br2Cl4O5. The van der Waals surface area contributed by atoms with Gasteiger partial charge in [-0.05, 0) is 108 Å². The average molecular weight is 1000 g/mol. The summed E-state index contributed by atoms with van der Waals surface area (Å²) in [5.41, 5.74) is 2.64. The molecule has 2 atom stereocenters. The maximum atomic E-state index is 7.52. The van der Waals surface area contributed by atoms with Crippen molar-refractivity contribution in [2.24, 2.45) is 0 Å². The normalized spacial score (nSPS) is 12.9. The Morgan fingerprint density at radius 1 is 0.458 bits per heavy atom. The van der Waals surface area contributed by atoms with Crippen LogP contribution in [0.25, 0.3) is 0 Å². The second-order valence-corrected chi connectivity index (χ2v) is 19.2. The van der Waals surface area contributed by atoms with Crippen LogP contribution >= 0.6 is 78.3 Å². The zero-order valence-electron chi connectivity index (χ0n) is 32.9. The van der Waals surface area contributed by atoms with Crippen molar-refractivity contribution in [3.63, 3.8) is 0 Å². The van der Waals surface area contributed by atoms with Crippen molar-refractivity contribution in [3.05, 3.63) is 177 Å². The third kappa shape index (κ3) is 12.8. The summed E-state index contributed by atoms with van der Waals surface area (Å²) in [6, 6.07) is 47.3. The fraction of sp³-hybridized carbons (Fsp3) is 0.250. The minimum atomic E-state index is -1.06. The molecule has 2 unspecified atom stereocenters. The standard InChI is InChI=1S/C48H44Br2Cl4O5/c1-47(2,39-23-21-33(49)27-41(39)58-45(51)52)29-43(31-13-11-19-37(25-31)55-35-15-7-5-8-16-35)57-44(32-14-12-20-38(26-32)56-36-17-9-6-10-18-36)30-48(3,4)40-24-22-34(50)28-42(40)59-46(53)54/h5-28,43-46H,29-30H2,1-4H3. The van der Waals surface area contributed by atoms with Gasteiger partial charge in [0.05, 0.1) is 12.2 Å². The predicted molar refractivity (Wildman–Crippen MR) is 248 cm³/mol. The number of hydrogen-bond acceptors (Lipinski definition) is 5. The number of hydrogen-bond donors (Lipinski definition) is 0. The number of benzene rings is 6. The Labute approximate surface area is 384 Å². The summed E-state index contributed by atoms with van der Waals surface area (Å²) in [5, 5.41) is -2.12. The summed E-state index contributed by atoms with van der Waals surface area (Å²) in [7, 11) is 0. The van der Waals surface area contributed by atoms with E-state index in [9.17, 15) is 0 Å². The van der Waals surface area contributed by atoms with Crippen molar-refractivity contribution in [2.45, 2.75) is 73.6 Å². The third-order valence-electron chi connectivity index (χ3n) is 9.92. The van der Waals surface area contributed by atoms with E-state index in [0.717, 1.165) is 42.7 Å². The summed E-state index contributed by atoms with van der Waals surface area (Å²) < 4.78 is 33.8. The first-order valence-electron chi connectivity index (χ1n) is 19.0. The van der Waals surface area contributed by atoms with E-state index in [4.69, 9.17) is 70.1 Å². The Morgan fingerprint density at radius 2 is 0.831 bits per heavy atom. The number of rotatable bonds is 18. The fourth-order valence-corrected chi connectivity index (χ4v) is 8.20. The van der Waals surface area contributed by atoms with Gasteiger partial charge in [-0.15, -0.1) is 0 Å². The van der Waals surface area contributed by atoms with Crippen LogP contribution in [0.1, 0.15) is 75.0 Å². The Hall–Kier alpha value is -3.40. The van der Waals surface area contributed by atoms with Crippen molar-refractivity contribution in [1.82, 2.24) is 0 Å². The fourth-order valence-electron chi connectivity index (χ4n) is 7.14. The molecule has 59 heavy (non-hydrogen) atoms. The molecule has 5 nitrogen and oxygen atoms in total. The maximum Gasteiger partial charge on any atom is 0.247 e. The van der Waals surface area contributed by atoms with Gasteiger partial charge in [-0.25, -0.2) is 0 Å². The maximum absolute atomic E-state index is 7.52. The minimum absolute atomic E-state index is 0.473. The molecule has 0 heterocycles. The van der Waals surface area contributed by atoms with Crippen LogP contribution in [0.2, 0.25) is 0 Å². The number of alkyl halides is 4. The Kier molecular flexibility index (Phi) is 15.6. The van der Waals surface area contributed by atoms with Crippen molar-refractivity contribution < 1.29 is 23.7 Å². The van der Waals surface area contributed by atoms with E-state index in [0.29, 0.717) is 35.8 Å². The molecule has 0 saturated carbocycles. The Bertz CT molecular complexity index is 2130. The first-order valence-corrected chi connectivity index (χ1v) is 22.3. The Morgan fingerprint density at radius 3 is 1.20 bits per heavy atom. The van der Waals surface area contributed by atoms with Crippen LogP contribution in [0.15, 0.2) is 155 Å². The zero-order valence-corrected chi connectivity index (χ0v) is 39.1. The molecular weight excluding hydrogens is 958 g/mol. The highest BCUT2D eigenvalue weighted by Gasteiger charge is 2.36. The van der Waals surface area contributed by atoms with Crippen molar-refractivity contribution >= 4 is 78.3 Å². The van der Waals surface area contributed by atoms with Crippen molar-refractivity contribution in [2.75, 3.05) is 0 Å². The van der Waals surface area contributed by atoms with Gasteiger partial charge in [-0.2, -0.15) is 0 Å². The lowest BCUT2D eigenvalue weighted by Gasteiger charge is -2.37. The number of para-hydroxylation sites is 2. The molecule has 308 valence electrons. The highest BCUT2D eigenvalue weighted by molar-refractivity contribution is 9.10. The number of ether oxygens (including phenoxy) is 5. The van der Waals surface area contributed by atoms with E-state index in [1.807, 2.05) is 133 Å². The Balaban J connectivity index is 1.46. The van der Waals surface area contributed by atoms with Gasteiger partial charge in [-0.3, -0.25) is 0 Å². The smallest absolute Gasteiger partial charge is 0.247 e. The van der Waals surface area contributed by atoms with E-state index in [1.54, 1.807) is 0 Å². The molecule has 0 spiro atoms. The highest BCUT2D eigenvalue weighted by atomic mass is 79.9. The topological polar surface area (TPSA) is 46.2 Å². The lowest BCUT2D eigenvalue weighted by Crippen LogP contribution is -2.27. The van der Waals surface area contributed by atoms with Gasteiger partial charge < -0.3 is 23.7 Å². The van der Waals surface area contributed by atoms with Gasteiger partial charge in [-0.1, -0.05) is 179 Å². The first kappa shape index (κ1) is 45.1. The molecule has 0 aliphatic rings. The van der Waals surface area contributed by atoms with Crippen LogP contribution in [0.5, 0.6) is 34.5 Å². The second-order valence-electron chi connectivity index (χ2n) is 15.3. The molecule has 0 N–H and O–H groups in total. The van der Waals surface area contributed by atoms with Crippen molar-refractivity contribution in [3.8, 4) is 34.5 Å². The minimum Gasteiger partial charge on any atom is -0.460 e. The first-order chi connectivity index (χ1) is 28.1. The molecule has 0 amide bonds. The SMILES string of the molecule is CC(C)(CC(OC(CC(C)(C)c1ccc(Br)cc1OC(Cl)Cl)c1cccc(Oc2ccccc2)c1)c1cccc(Oc2ccccc2)c1)c1ccc(Br)cc1OC(Cl)Cl. The van der Waals surface area contributed by atoms with E-state index in [1.165, 1.54) is 0 Å². The molecule has 6 aromatic carbocycles. The van der Waals surface area contributed by atoms with Gasteiger partial charge in [0.1, 0.15) is 34.5 Å². The average Bonchev–Trinajstić information content (AvgIpc) is 3.17. The predicted octanol–water partition coefficient (Wildman–Crippen LogP) is 16.6. The molecule has 0 fully saturated rings. The van der Waals surface area contributed by atoms with Crippen LogP contribution in [-0.2, 0) is 15.6 Å². The summed E-state index contributed by atoms with van der Waals surface area (Å²) in [6.07, 6.45) is 0.107. The molecule has 6 aromatic rings. The highest BCUT2D eigenvalue weighted by Crippen LogP contribution is 2.47. The van der Waals surface area contributed by atoms with Crippen molar-refractivity contribution in [1.29, 1.82) is 0 Å². The van der Waals surface area contributed by atoms with E-state index in [-0.39, 0.29) is 0 Å². The van der Waals surface area contributed by atoms with Gasteiger partial charge in [0.25, 0.3) is 0 Å². The van der Waals surface area contributed by atoms with Gasteiger partial charge in [0.15, 0.2) is 0 Å². The molecule has 11 heteroatoms. The number of halogens is 6. The van der Waals surface area contributed by atoms with Crippen LogP contribution in [0, 0.1) is 0 Å². The van der Waals surface area contributed by atoms with E-state index >= 15 is 0 Å². The second kappa shape index (κ2) is 20.4. The van der Waals surface area contributed by atoms with E-state index in [2.05, 4.69) is 71.7 Å². The van der Waals surface area contributed by atoms with Gasteiger partial charge in [0.2, 0.25) is 10.0 Å². The third-order valence-corrected chi connectivity index (χ3v) is 11.3. The molecule has 0 bridgehead atoms. The summed E-state index contributed by atoms with van der Waals surface area (Å²) in [4.78, 5) is 0. The van der Waals surface area contributed by atoms with Crippen LogP contribution in [0.4, 0.5) is 0 Å².